The Morgan fingerprint density at radius 1 is 1.00 bits per heavy atom. The van der Waals surface area contributed by atoms with Gasteiger partial charge in [-0.3, -0.25) is 0 Å². The van der Waals surface area contributed by atoms with Gasteiger partial charge in [-0.25, -0.2) is 0 Å². The van der Waals surface area contributed by atoms with E-state index in [9.17, 15) is 0 Å². The first-order valence-electron chi connectivity index (χ1n) is 8.64. The highest BCUT2D eigenvalue weighted by molar-refractivity contribution is 4.88. The van der Waals surface area contributed by atoms with Crippen molar-refractivity contribution in [1.82, 2.24) is 10.2 Å². The molecule has 1 N–H and O–H groups in total. The number of rotatable bonds is 6. The summed E-state index contributed by atoms with van der Waals surface area (Å²) in [7, 11) is 2.07. The highest BCUT2D eigenvalue weighted by Gasteiger charge is 2.35. The number of hydrogen-bond acceptors (Lipinski definition) is 2. The fraction of sp³-hybridized carbons (Fsp3) is 1.00. The smallest absolute Gasteiger partial charge is 0.00357 e. The van der Waals surface area contributed by atoms with Crippen LogP contribution in [-0.2, 0) is 0 Å². The van der Waals surface area contributed by atoms with Crippen molar-refractivity contribution in [2.24, 2.45) is 5.41 Å². The Labute approximate surface area is 120 Å². The van der Waals surface area contributed by atoms with E-state index in [-0.39, 0.29) is 0 Å². The van der Waals surface area contributed by atoms with Crippen molar-refractivity contribution >= 4 is 0 Å². The molecule has 0 aromatic rings. The number of likely N-dealkylation sites (tertiary alicyclic amines) is 1. The molecule has 1 atom stereocenters. The maximum atomic E-state index is 3.33. The van der Waals surface area contributed by atoms with E-state index in [4.69, 9.17) is 0 Å². The van der Waals surface area contributed by atoms with Gasteiger partial charge in [-0.2, -0.15) is 0 Å². The van der Waals surface area contributed by atoms with Crippen LogP contribution in [0.5, 0.6) is 0 Å². The minimum Gasteiger partial charge on any atom is -0.317 e. The van der Waals surface area contributed by atoms with Gasteiger partial charge < -0.3 is 10.2 Å². The zero-order chi connectivity index (χ0) is 13.6. The summed E-state index contributed by atoms with van der Waals surface area (Å²) < 4.78 is 0. The molecule has 1 heterocycles. The van der Waals surface area contributed by atoms with Gasteiger partial charge in [0.15, 0.2) is 0 Å². The van der Waals surface area contributed by atoms with Crippen LogP contribution in [0.15, 0.2) is 0 Å². The van der Waals surface area contributed by atoms with E-state index in [1.165, 1.54) is 83.8 Å². The summed E-state index contributed by atoms with van der Waals surface area (Å²) in [6, 6.07) is 0.687. The SMILES string of the molecule is CNC(C)CCCCN1CCC2(CCCCC2)CC1. The predicted octanol–water partition coefficient (Wildman–Crippen LogP) is 3.81. The maximum absolute atomic E-state index is 3.33. The lowest BCUT2D eigenvalue weighted by Crippen LogP contribution is -2.41. The zero-order valence-electron chi connectivity index (χ0n) is 13.2. The van der Waals surface area contributed by atoms with Gasteiger partial charge in [0.2, 0.25) is 0 Å². The number of hydrogen-bond donors (Lipinski definition) is 1. The summed E-state index contributed by atoms with van der Waals surface area (Å²) in [5, 5.41) is 3.33. The second-order valence-corrected chi connectivity index (χ2v) is 7.09. The molecule has 1 spiro atoms. The minimum absolute atomic E-state index is 0.687. The van der Waals surface area contributed by atoms with Crippen LogP contribution in [0, 0.1) is 5.41 Å². The second kappa shape index (κ2) is 7.64. The van der Waals surface area contributed by atoms with Crippen molar-refractivity contribution in [3.63, 3.8) is 0 Å². The van der Waals surface area contributed by atoms with E-state index >= 15 is 0 Å². The molecule has 19 heavy (non-hydrogen) atoms. The molecule has 1 saturated heterocycles. The summed E-state index contributed by atoms with van der Waals surface area (Å²) in [6.07, 6.45) is 14.6. The van der Waals surface area contributed by atoms with E-state index in [2.05, 4.69) is 24.2 Å². The highest BCUT2D eigenvalue weighted by Crippen LogP contribution is 2.44. The number of unbranched alkanes of at least 4 members (excludes halogenated alkanes) is 1. The molecular formula is C17H34N2. The van der Waals surface area contributed by atoms with Gasteiger partial charge in [0.05, 0.1) is 0 Å². The third-order valence-electron chi connectivity index (χ3n) is 5.69. The monoisotopic (exact) mass is 266 g/mol. The lowest BCUT2D eigenvalue weighted by atomic mass is 9.68. The van der Waals surface area contributed by atoms with Crippen LogP contribution in [0.3, 0.4) is 0 Å². The highest BCUT2D eigenvalue weighted by atomic mass is 15.1. The first-order valence-corrected chi connectivity index (χ1v) is 8.64. The third kappa shape index (κ3) is 4.75. The molecule has 1 aliphatic carbocycles. The van der Waals surface area contributed by atoms with Crippen LogP contribution in [-0.4, -0.2) is 37.6 Å². The van der Waals surface area contributed by atoms with E-state index in [1.807, 2.05) is 0 Å². The van der Waals surface area contributed by atoms with E-state index in [0.29, 0.717) is 6.04 Å². The number of nitrogens with one attached hydrogen (secondary N) is 1. The summed E-state index contributed by atoms with van der Waals surface area (Å²) in [6.45, 7) is 6.38. The van der Waals surface area contributed by atoms with Gasteiger partial charge in [-0.1, -0.05) is 25.7 Å². The molecule has 2 heteroatoms. The van der Waals surface area contributed by atoms with Gasteiger partial charge in [0.25, 0.3) is 0 Å². The number of nitrogens with zero attached hydrogens (tertiary/aromatic N) is 1. The average molecular weight is 266 g/mol. The Bertz CT molecular complexity index is 236. The molecule has 0 bridgehead atoms. The largest absolute Gasteiger partial charge is 0.317 e. The van der Waals surface area contributed by atoms with Crippen molar-refractivity contribution in [2.75, 3.05) is 26.7 Å². The van der Waals surface area contributed by atoms with Crippen molar-refractivity contribution < 1.29 is 0 Å². The Balaban J connectivity index is 1.58. The standard InChI is InChI=1S/C17H34N2/c1-16(18-2)8-4-7-13-19-14-11-17(12-15-19)9-5-3-6-10-17/h16,18H,3-15H2,1-2H3. The van der Waals surface area contributed by atoms with Gasteiger partial charge in [0, 0.05) is 6.04 Å². The zero-order valence-corrected chi connectivity index (χ0v) is 13.2. The first-order chi connectivity index (χ1) is 9.24. The fourth-order valence-electron chi connectivity index (χ4n) is 3.98. The lowest BCUT2D eigenvalue weighted by Gasteiger charge is -2.44. The average Bonchev–Trinajstić information content (AvgIpc) is 2.46. The molecule has 112 valence electrons. The second-order valence-electron chi connectivity index (χ2n) is 7.09. The molecule has 2 aliphatic rings. The minimum atomic E-state index is 0.687. The van der Waals surface area contributed by atoms with Crippen molar-refractivity contribution in [1.29, 1.82) is 0 Å². The quantitative estimate of drug-likeness (QED) is 0.735. The van der Waals surface area contributed by atoms with Crippen LogP contribution in [0.25, 0.3) is 0 Å². The molecule has 2 rings (SSSR count). The third-order valence-corrected chi connectivity index (χ3v) is 5.69. The number of piperidine rings is 1. The van der Waals surface area contributed by atoms with Crippen molar-refractivity contribution in [3.05, 3.63) is 0 Å². The van der Waals surface area contributed by atoms with Crippen molar-refractivity contribution in [3.8, 4) is 0 Å². The van der Waals surface area contributed by atoms with E-state index in [0.717, 1.165) is 5.41 Å². The molecule has 0 aromatic heterocycles. The molecule has 1 unspecified atom stereocenters. The van der Waals surface area contributed by atoms with Gasteiger partial charge >= 0.3 is 0 Å². The van der Waals surface area contributed by atoms with Crippen LogP contribution in [0.4, 0.5) is 0 Å². The molecule has 0 amide bonds. The Morgan fingerprint density at radius 3 is 2.32 bits per heavy atom. The molecule has 0 aromatic carbocycles. The first kappa shape index (κ1) is 15.3. The van der Waals surface area contributed by atoms with Crippen LogP contribution in [0.1, 0.15) is 71.1 Å². The molecule has 0 radical (unpaired) electrons. The summed E-state index contributed by atoms with van der Waals surface area (Å²) in [4.78, 5) is 2.73. The van der Waals surface area contributed by atoms with Crippen LogP contribution in [0.2, 0.25) is 0 Å². The topological polar surface area (TPSA) is 15.3 Å². The molecule has 1 saturated carbocycles. The summed E-state index contributed by atoms with van der Waals surface area (Å²) in [5.74, 6) is 0. The fourth-order valence-corrected chi connectivity index (χ4v) is 3.98. The molecule has 1 aliphatic heterocycles. The normalized spacial score (nSPS) is 25.6. The van der Waals surface area contributed by atoms with Gasteiger partial charge in [-0.15, -0.1) is 0 Å². The molecular weight excluding hydrogens is 232 g/mol. The summed E-state index contributed by atoms with van der Waals surface area (Å²) in [5.41, 5.74) is 0.773. The molecule has 2 fully saturated rings. The Kier molecular flexibility index (Phi) is 6.15. The predicted molar refractivity (Wildman–Crippen MR) is 83.6 cm³/mol. The van der Waals surface area contributed by atoms with Crippen LogP contribution >= 0.6 is 0 Å². The van der Waals surface area contributed by atoms with Gasteiger partial charge in [0.1, 0.15) is 0 Å². The maximum Gasteiger partial charge on any atom is 0.00357 e. The Morgan fingerprint density at radius 2 is 1.68 bits per heavy atom. The van der Waals surface area contributed by atoms with Crippen molar-refractivity contribution in [2.45, 2.75) is 77.2 Å². The molecule has 2 nitrogen and oxygen atoms in total. The summed E-state index contributed by atoms with van der Waals surface area (Å²) >= 11 is 0. The van der Waals surface area contributed by atoms with E-state index < -0.39 is 0 Å². The Hall–Kier alpha value is -0.0800. The van der Waals surface area contributed by atoms with Crippen LogP contribution < -0.4 is 5.32 Å². The van der Waals surface area contributed by atoms with E-state index in [1.54, 1.807) is 0 Å². The van der Waals surface area contributed by atoms with Gasteiger partial charge in [-0.05, 0) is 77.5 Å². The lowest BCUT2D eigenvalue weighted by molar-refractivity contribution is 0.0669.